The summed E-state index contributed by atoms with van der Waals surface area (Å²) in [6.07, 6.45) is 2.45. The van der Waals surface area contributed by atoms with Crippen LogP contribution in [0, 0.1) is 0 Å². The molecule has 0 radical (unpaired) electrons. The highest BCUT2D eigenvalue weighted by molar-refractivity contribution is 5.87. The predicted octanol–water partition coefficient (Wildman–Crippen LogP) is 3.05. The van der Waals surface area contributed by atoms with Crippen LogP contribution in [0.5, 0.6) is 0 Å². The van der Waals surface area contributed by atoms with Crippen molar-refractivity contribution >= 4 is 10.8 Å². The molecule has 0 aliphatic heterocycles. The SMILES string of the molecule is CNC1CCc2c1ccc1ccccc21. The molecule has 1 heteroatoms. The molecule has 15 heavy (non-hydrogen) atoms. The molecular weight excluding hydrogens is 182 g/mol. The van der Waals surface area contributed by atoms with E-state index in [4.69, 9.17) is 0 Å². The number of hydrogen-bond donors (Lipinski definition) is 1. The van der Waals surface area contributed by atoms with Crippen molar-refractivity contribution in [3.63, 3.8) is 0 Å². The summed E-state index contributed by atoms with van der Waals surface area (Å²) in [6.45, 7) is 0. The van der Waals surface area contributed by atoms with Crippen LogP contribution < -0.4 is 5.32 Å². The van der Waals surface area contributed by atoms with Crippen LogP contribution in [0.2, 0.25) is 0 Å². The van der Waals surface area contributed by atoms with E-state index < -0.39 is 0 Å². The lowest BCUT2D eigenvalue weighted by Crippen LogP contribution is -2.12. The van der Waals surface area contributed by atoms with Gasteiger partial charge in [-0.2, -0.15) is 0 Å². The molecule has 0 saturated carbocycles. The normalized spacial score (nSPS) is 19.4. The van der Waals surface area contributed by atoms with Gasteiger partial charge in [0.05, 0.1) is 0 Å². The summed E-state index contributed by atoms with van der Waals surface area (Å²) < 4.78 is 0. The Balaban J connectivity index is 2.28. The van der Waals surface area contributed by atoms with E-state index >= 15 is 0 Å². The van der Waals surface area contributed by atoms with Gasteiger partial charge in [-0.25, -0.2) is 0 Å². The zero-order chi connectivity index (χ0) is 10.3. The van der Waals surface area contributed by atoms with Gasteiger partial charge in [-0.15, -0.1) is 0 Å². The maximum atomic E-state index is 3.38. The highest BCUT2D eigenvalue weighted by atomic mass is 14.9. The standard InChI is InChI=1S/C14H15N/c1-15-14-9-8-12-11-5-3-2-4-10(11)6-7-13(12)14/h2-7,14-15H,8-9H2,1H3. The van der Waals surface area contributed by atoms with E-state index in [1.807, 2.05) is 0 Å². The highest BCUT2D eigenvalue weighted by Crippen LogP contribution is 2.35. The Kier molecular flexibility index (Phi) is 2.00. The van der Waals surface area contributed by atoms with Gasteiger partial charge in [0.25, 0.3) is 0 Å². The van der Waals surface area contributed by atoms with Crippen molar-refractivity contribution in [2.45, 2.75) is 18.9 Å². The van der Waals surface area contributed by atoms with E-state index in [1.165, 1.54) is 29.2 Å². The third-order valence-electron chi connectivity index (χ3n) is 3.48. The molecule has 0 amide bonds. The molecule has 2 aromatic carbocycles. The van der Waals surface area contributed by atoms with Crippen molar-refractivity contribution in [1.29, 1.82) is 0 Å². The van der Waals surface area contributed by atoms with Crippen LogP contribution >= 0.6 is 0 Å². The Bertz CT molecular complexity index is 502. The van der Waals surface area contributed by atoms with Crippen LogP contribution in [-0.2, 0) is 6.42 Å². The molecule has 1 N–H and O–H groups in total. The topological polar surface area (TPSA) is 12.0 Å². The van der Waals surface area contributed by atoms with Crippen molar-refractivity contribution < 1.29 is 0 Å². The number of benzene rings is 2. The fourth-order valence-corrected chi connectivity index (χ4v) is 2.70. The van der Waals surface area contributed by atoms with Crippen molar-refractivity contribution in [2.75, 3.05) is 7.05 Å². The van der Waals surface area contributed by atoms with Gasteiger partial charge in [0.15, 0.2) is 0 Å². The zero-order valence-corrected chi connectivity index (χ0v) is 8.96. The number of rotatable bonds is 1. The molecular formula is C14H15N. The molecule has 1 atom stereocenters. The van der Waals surface area contributed by atoms with E-state index in [-0.39, 0.29) is 0 Å². The van der Waals surface area contributed by atoms with Gasteiger partial charge in [0.2, 0.25) is 0 Å². The second-order valence-corrected chi connectivity index (χ2v) is 4.23. The lowest BCUT2D eigenvalue weighted by Gasteiger charge is -2.10. The first-order valence-electron chi connectivity index (χ1n) is 5.58. The summed E-state index contributed by atoms with van der Waals surface area (Å²) in [7, 11) is 2.05. The molecule has 0 bridgehead atoms. The average molecular weight is 197 g/mol. The van der Waals surface area contributed by atoms with Gasteiger partial charge in [-0.3, -0.25) is 0 Å². The quantitative estimate of drug-likeness (QED) is 0.741. The first-order chi connectivity index (χ1) is 7.40. The zero-order valence-electron chi connectivity index (χ0n) is 8.96. The maximum absolute atomic E-state index is 3.38. The van der Waals surface area contributed by atoms with Crippen LogP contribution in [-0.4, -0.2) is 7.05 Å². The highest BCUT2D eigenvalue weighted by Gasteiger charge is 2.21. The average Bonchev–Trinajstić information content (AvgIpc) is 2.72. The third-order valence-corrected chi connectivity index (χ3v) is 3.48. The third kappa shape index (κ3) is 1.27. The predicted molar refractivity (Wildman–Crippen MR) is 64.1 cm³/mol. The molecule has 1 aliphatic carbocycles. The van der Waals surface area contributed by atoms with E-state index in [2.05, 4.69) is 48.8 Å². The Morgan fingerprint density at radius 3 is 2.87 bits per heavy atom. The van der Waals surface area contributed by atoms with E-state index in [0.717, 1.165) is 0 Å². The number of hydrogen-bond acceptors (Lipinski definition) is 1. The maximum Gasteiger partial charge on any atom is 0.0323 e. The smallest absolute Gasteiger partial charge is 0.0323 e. The van der Waals surface area contributed by atoms with Crippen molar-refractivity contribution in [3.8, 4) is 0 Å². The Morgan fingerprint density at radius 2 is 2.00 bits per heavy atom. The van der Waals surface area contributed by atoms with Gasteiger partial charge in [-0.1, -0.05) is 36.4 Å². The van der Waals surface area contributed by atoms with Crippen molar-refractivity contribution in [2.24, 2.45) is 0 Å². The fourth-order valence-electron chi connectivity index (χ4n) is 2.70. The van der Waals surface area contributed by atoms with E-state index in [1.54, 1.807) is 5.56 Å². The summed E-state index contributed by atoms with van der Waals surface area (Å²) in [5.74, 6) is 0. The fraction of sp³-hybridized carbons (Fsp3) is 0.286. The van der Waals surface area contributed by atoms with Gasteiger partial charge in [0, 0.05) is 6.04 Å². The summed E-state index contributed by atoms with van der Waals surface area (Å²) in [6, 6.07) is 13.8. The molecule has 2 aromatic rings. The minimum atomic E-state index is 0.560. The Morgan fingerprint density at radius 1 is 1.13 bits per heavy atom. The van der Waals surface area contributed by atoms with Gasteiger partial charge >= 0.3 is 0 Å². The first kappa shape index (κ1) is 8.93. The molecule has 1 aliphatic rings. The summed E-state index contributed by atoms with van der Waals surface area (Å²) in [5.41, 5.74) is 3.05. The van der Waals surface area contributed by atoms with Crippen LogP contribution in [0.25, 0.3) is 10.8 Å². The number of aryl methyl sites for hydroxylation is 1. The molecule has 0 fully saturated rings. The van der Waals surface area contributed by atoms with Crippen LogP contribution in [0.1, 0.15) is 23.6 Å². The van der Waals surface area contributed by atoms with E-state index in [0.29, 0.717) is 6.04 Å². The molecule has 1 nitrogen and oxygen atoms in total. The molecule has 0 aromatic heterocycles. The van der Waals surface area contributed by atoms with Crippen LogP contribution in [0.4, 0.5) is 0 Å². The molecule has 0 heterocycles. The largest absolute Gasteiger partial charge is 0.313 e. The van der Waals surface area contributed by atoms with Crippen molar-refractivity contribution in [1.82, 2.24) is 5.32 Å². The van der Waals surface area contributed by atoms with Gasteiger partial charge < -0.3 is 5.32 Å². The molecule has 76 valence electrons. The molecule has 0 spiro atoms. The summed E-state index contributed by atoms with van der Waals surface area (Å²) in [5, 5.41) is 6.19. The van der Waals surface area contributed by atoms with Gasteiger partial charge in [0.1, 0.15) is 0 Å². The molecule has 1 unspecified atom stereocenters. The van der Waals surface area contributed by atoms with Crippen LogP contribution in [0.3, 0.4) is 0 Å². The van der Waals surface area contributed by atoms with Crippen molar-refractivity contribution in [3.05, 3.63) is 47.5 Å². The Hall–Kier alpha value is -1.34. The second kappa shape index (κ2) is 3.35. The first-order valence-corrected chi connectivity index (χ1v) is 5.58. The summed E-state index contributed by atoms with van der Waals surface area (Å²) >= 11 is 0. The Labute approximate surface area is 90.1 Å². The minimum absolute atomic E-state index is 0.560. The number of nitrogens with one attached hydrogen (secondary N) is 1. The molecule has 3 rings (SSSR count). The molecule has 0 saturated heterocycles. The number of fused-ring (bicyclic) bond motifs is 3. The summed E-state index contributed by atoms with van der Waals surface area (Å²) in [4.78, 5) is 0. The van der Waals surface area contributed by atoms with Crippen LogP contribution in [0.15, 0.2) is 36.4 Å². The van der Waals surface area contributed by atoms with E-state index in [9.17, 15) is 0 Å². The lowest BCUT2D eigenvalue weighted by molar-refractivity contribution is 0.590. The monoisotopic (exact) mass is 197 g/mol. The van der Waals surface area contributed by atoms with Gasteiger partial charge in [-0.05, 0) is 41.8 Å². The lowest BCUT2D eigenvalue weighted by atomic mass is 10.0. The minimum Gasteiger partial charge on any atom is -0.313 e. The second-order valence-electron chi connectivity index (χ2n) is 4.23.